The van der Waals surface area contributed by atoms with Crippen LogP contribution in [0.4, 0.5) is 37.8 Å². The summed E-state index contributed by atoms with van der Waals surface area (Å²) in [7, 11) is 0. The van der Waals surface area contributed by atoms with Crippen LogP contribution in [0.25, 0.3) is 22.2 Å². The van der Waals surface area contributed by atoms with Gasteiger partial charge >= 0.3 is 12.2 Å². The molecule has 0 aliphatic carbocycles. The zero-order chi connectivity index (χ0) is 31.8. The van der Waals surface area contributed by atoms with Crippen LogP contribution in [-0.2, 0) is 6.18 Å². The summed E-state index contributed by atoms with van der Waals surface area (Å²) < 4.78 is 101. The SMILES string of the molecule is CC[C@@H]1NCCN2c3nc(OC[C@@]45CCCN4C[C@H](F)C5)nc4c(F)c(-c5cc(N)c(F)c(C)c5C(F)(F)F)nc(c34)OC[C@H]12. The van der Waals surface area contributed by atoms with Crippen molar-refractivity contribution < 1.29 is 35.8 Å². The number of halogens is 6. The number of hydrogen-bond donors (Lipinski definition) is 2. The lowest BCUT2D eigenvalue weighted by Crippen LogP contribution is -2.60. The minimum absolute atomic E-state index is 0.0333. The van der Waals surface area contributed by atoms with Gasteiger partial charge in [0.1, 0.15) is 47.6 Å². The van der Waals surface area contributed by atoms with Crippen molar-refractivity contribution in [2.75, 3.05) is 50.0 Å². The van der Waals surface area contributed by atoms with Crippen molar-refractivity contribution in [3.05, 3.63) is 28.8 Å². The molecule has 2 aromatic heterocycles. The molecule has 7 rings (SSSR count). The second-order valence-corrected chi connectivity index (χ2v) is 12.4. The van der Waals surface area contributed by atoms with E-state index in [-0.39, 0.29) is 60.3 Å². The van der Waals surface area contributed by atoms with E-state index in [9.17, 15) is 22.0 Å². The van der Waals surface area contributed by atoms with E-state index in [1.165, 1.54) is 0 Å². The molecule has 0 spiro atoms. The molecule has 3 fully saturated rings. The summed E-state index contributed by atoms with van der Waals surface area (Å²) in [6, 6.07) is 0.235. The predicted molar refractivity (Wildman–Crippen MR) is 154 cm³/mol. The smallest absolute Gasteiger partial charge is 0.417 e. The lowest BCUT2D eigenvalue weighted by atomic mass is 9.95. The van der Waals surface area contributed by atoms with Crippen molar-refractivity contribution >= 4 is 22.4 Å². The van der Waals surface area contributed by atoms with Gasteiger partial charge in [0.05, 0.1) is 22.8 Å². The molecule has 9 nitrogen and oxygen atoms in total. The highest BCUT2D eigenvalue weighted by atomic mass is 19.4. The zero-order valence-corrected chi connectivity index (χ0v) is 24.8. The molecule has 0 radical (unpaired) electrons. The lowest BCUT2D eigenvalue weighted by Gasteiger charge is -2.41. The highest BCUT2D eigenvalue weighted by molar-refractivity contribution is 5.97. The van der Waals surface area contributed by atoms with Gasteiger partial charge in [-0.25, -0.2) is 18.2 Å². The maximum atomic E-state index is 16.6. The van der Waals surface area contributed by atoms with Gasteiger partial charge in [0.25, 0.3) is 0 Å². The van der Waals surface area contributed by atoms with Crippen LogP contribution < -0.4 is 25.4 Å². The Hall–Kier alpha value is -3.59. The first-order chi connectivity index (χ1) is 21.4. The van der Waals surface area contributed by atoms with Gasteiger partial charge in [0.2, 0.25) is 5.88 Å². The molecule has 3 N–H and O–H groups in total. The number of nitrogens with zero attached hydrogens (tertiary/aromatic N) is 5. The van der Waals surface area contributed by atoms with Crippen LogP contribution in [0.15, 0.2) is 6.07 Å². The van der Waals surface area contributed by atoms with Crippen LogP contribution in [0.1, 0.15) is 43.7 Å². The molecule has 3 saturated heterocycles. The molecular formula is C30H33F6N7O2. The van der Waals surface area contributed by atoms with E-state index in [0.717, 1.165) is 38.8 Å². The number of anilines is 2. The second-order valence-electron chi connectivity index (χ2n) is 12.4. The van der Waals surface area contributed by atoms with Crippen molar-refractivity contribution in [3.63, 3.8) is 0 Å². The van der Waals surface area contributed by atoms with Crippen LogP contribution in [0, 0.1) is 18.6 Å². The Morgan fingerprint density at radius 1 is 1.18 bits per heavy atom. The summed E-state index contributed by atoms with van der Waals surface area (Å²) in [6.07, 6.45) is -3.43. The molecule has 1 aromatic carbocycles. The number of pyridine rings is 1. The van der Waals surface area contributed by atoms with Gasteiger partial charge in [-0.3, -0.25) is 4.90 Å². The molecule has 15 heteroatoms. The number of rotatable bonds is 5. The quantitative estimate of drug-likeness (QED) is 0.302. The molecule has 4 aliphatic rings. The maximum absolute atomic E-state index is 16.6. The Morgan fingerprint density at radius 3 is 2.73 bits per heavy atom. The molecule has 4 atom stereocenters. The summed E-state index contributed by atoms with van der Waals surface area (Å²) >= 11 is 0. The van der Waals surface area contributed by atoms with E-state index in [0.29, 0.717) is 19.6 Å². The van der Waals surface area contributed by atoms with Crippen LogP contribution in [-0.4, -0.2) is 83.0 Å². The van der Waals surface area contributed by atoms with E-state index in [1.54, 1.807) is 0 Å². The van der Waals surface area contributed by atoms with Gasteiger partial charge in [-0.2, -0.15) is 23.1 Å². The van der Waals surface area contributed by atoms with Gasteiger partial charge in [-0.1, -0.05) is 6.92 Å². The van der Waals surface area contributed by atoms with Crippen LogP contribution in [0.2, 0.25) is 0 Å². The molecule has 3 aromatic rings. The third-order valence-electron chi connectivity index (χ3n) is 9.74. The Labute approximate surface area is 255 Å². The fraction of sp³-hybridized carbons (Fsp3) is 0.567. The minimum Gasteiger partial charge on any atom is -0.475 e. The Kier molecular flexibility index (Phi) is 7.19. The fourth-order valence-electron chi connectivity index (χ4n) is 7.62. The van der Waals surface area contributed by atoms with Crippen molar-refractivity contribution in [2.45, 2.75) is 69.5 Å². The lowest BCUT2D eigenvalue weighted by molar-refractivity contribution is -0.137. The van der Waals surface area contributed by atoms with E-state index in [2.05, 4.69) is 20.2 Å². The van der Waals surface area contributed by atoms with Gasteiger partial charge in [0, 0.05) is 37.7 Å². The van der Waals surface area contributed by atoms with Crippen molar-refractivity contribution in [1.29, 1.82) is 0 Å². The number of ether oxygens (including phenoxy) is 2. The first-order valence-electron chi connectivity index (χ1n) is 15.1. The first kappa shape index (κ1) is 30.1. The standard InChI is InChI=1S/C30H33F6N7O2/c1-3-18-19-12-44-27-20-25(23(33)24(39-27)16-9-17(37)22(32)14(2)21(16)30(34,35)36)40-28(41-26(20)43(19)8-6-38-18)45-13-29-5-4-7-42(29)11-15(31)10-29/h9,15,18-19,38H,3-8,10-13,37H2,1-2H3/t15-,18+,19-,29+/m1/s1. The van der Waals surface area contributed by atoms with E-state index in [1.807, 2.05) is 11.8 Å². The monoisotopic (exact) mass is 637 g/mol. The number of fused-ring (bicyclic) bond motifs is 3. The van der Waals surface area contributed by atoms with Crippen molar-refractivity contribution in [3.8, 4) is 23.1 Å². The summed E-state index contributed by atoms with van der Waals surface area (Å²) in [5, 5.41) is 3.54. The highest BCUT2D eigenvalue weighted by Gasteiger charge is 2.49. The van der Waals surface area contributed by atoms with E-state index in [4.69, 9.17) is 20.2 Å². The first-order valence-corrected chi connectivity index (χ1v) is 15.1. The molecule has 6 heterocycles. The molecule has 4 aliphatic heterocycles. The Balaban J connectivity index is 1.42. The second kappa shape index (κ2) is 10.7. The number of piperazine rings is 1. The summed E-state index contributed by atoms with van der Waals surface area (Å²) in [5.41, 5.74) is 0.585. The van der Waals surface area contributed by atoms with E-state index >= 15 is 4.39 Å². The summed E-state index contributed by atoms with van der Waals surface area (Å²) in [5.74, 6) is -2.31. The number of nitrogens with two attached hydrogens (primary N) is 1. The topological polar surface area (TPSA) is 102 Å². The number of nitrogen functional groups attached to an aromatic ring is 1. The molecular weight excluding hydrogens is 604 g/mol. The predicted octanol–water partition coefficient (Wildman–Crippen LogP) is 4.78. The zero-order valence-electron chi connectivity index (χ0n) is 24.8. The summed E-state index contributed by atoms with van der Waals surface area (Å²) in [6.45, 7) is 5.20. The maximum Gasteiger partial charge on any atom is 0.417 e. The van der Waals surface area contributed by atoms with Crippen LogP contribution in [0.3, 0.4) is 0 Å². The Bertz CT molecular complexity index is 1670. The molecule has 0 saturated carbocycles. The Morgan fingerprint density at radius 2 is 1.98 bits per heavy atom. The number of benzene rings is 1. The van der Waals surface area contributed by atoms with Crippen LogP contribution >= 0.6 is 0 Å². The van der Waals surface area contributed by atoms with E-state index < -0.39 is 57.6 Å². The third-order valence-corrected chi connectivity index (χ3v) is 9.74. The van der Waals surface area contributed by atoms with Gasteiger partial charge < -0.3 is 25.4 Å². The third kappa shape index (κ3) is 4.80. The fourth-order valence-corrected chi connectivity index (χ4v) is 7.62. The van der Waals surface area contributed by atoms with Crippen molar-refractivity contribution in [2.24, 2.45) is 0 Å². The number of aromatic nitrogens is 3. The van der Waals surface area contributed by atoms with Crippen molar-refractivity contribution in [1.82, 2.24) is 25.2 Å². The molecule has 0 amide bonds. The van der Waals surface area contributed by atoms with Gasteiger partial charge in [-0.15, -0.1) is 0 Å². The number of alkyl halides is 4. The van der Waals surface area contributed by atoms with Gasteiger partial charge in [-0.05, 0) is 44.4 Å². The van der Waals surface area contributed by atoms with Crippen LogP contribution in [0.5, 0.6) is 11.9 Å². The average Bonchev–Trinajstić information content (AvgIpc) is 3.47. The largest absolute Gasteiger partial charge is 0.475 e. The number of nitrogens with one attached hydrogen (secondary N) is 1. The normalized spacial score (nSPS) is 26.5. The molecule has 45 heavy (non-hydrogen) atoms. The molecule has 242 valence electrons. The van der Waals surface area contributed by atoms with Gasteiger partial charge in [0.15, 0.2) is 5.82 Å². The minimum atomic E-state index is -5.06. The highest BCUT2D eigenvalue weighted by Crippen LogP contribution is 2.46. The molecule has 0 bridgehead atoms. The average molecular weight is 638 g/mol. The summed E-state index contributed by atoms with van der Waals surface area (Å²) in [4.78, 5) is 17.3. The number of hydrogen-bond acceptors (Lipinski definition) is 9. The molecule has 0 unspecified atom stereocenters.